The third kappa shape index (κ3) is 4.57. The summed E-state index contributed by atoms with van der Waals surface area (Å²) in [4.78, 5) is 32.5. The Hall–Kier alpha value is -2.92. The number of amides is 2. The summed E-state index contributed by atoms with van der Waals surface area (Å²) in [5, 5.41) is 4.44. The van der Waals surface area contributed by atoms with Gasteiger partial charge in [0.1, 0.15) is 0 Å². The minimum absolute atomic E-state index is 0.0635. The number of para-hydroxylation sites is 1. The van der Waals surface area contributed by atoms with E-state index in [0.29, 0.717) is 16.3 Å². The van der Waals surface area contributed by atoms with Gasteiger partial charge in [-0.2, -0.15) is 0 Å². The van der Waals surface area contributed by atoms with Crippen LogP contribution in [0.4, 0.5) is 5.69 Å². The largest absolute Gasteiger partial charge is 0.339 e. The average Bonchev–Trinajstić information content (AvgIpc) is 2.77. The first-order valence-electron chi connectivity index (χ1n) is 10.7. The summed E-state index contributed by atoms with van der Waals surface area (Å²) < 4.78 is 0. The maximum Gasteiger partial charge on any atom is 0.255 e. The number of aryl methyl sites for hydroxylation is 2. The van der Waals surface area contributed by atoms with Crippen molar-refractivity contribution >= 4 is 40.0 Å². The van der Waals surface area contributed by atoms with Crippen molar-refractivity contribution in [1.82, 2.24) is 9.88 Å². The van der Waals surface area contributed by atoms with E-state index < -0.39 is 0 Å². The van der Waals surface area contributed by atoms with Crippen LogP contribution in [0.25, 0.3) is 10.9 Å². The molecular formula is C25H26ClN3O2. The molecule has 31 heavy (non-hydrogen) atoms. The number of piperidine rings is 1. The van der Waals surface area contributed by atoms with Crippen molar-refractivity contribution in [1.29, 1.82) is 0 Å². The molecule has 2 amide bonds. The number of nitrogens with zero attached hydrogens (tertiary/aromatic N) is 2. The average molecular weight is 436 g/mol. The number of pyridine rings is 1. The van der Waals surface area contributed by atoms with Crippen LogP contribution < -0.4 is 5.32 Å². The molecule has 4 rings (SSSR count). The zero-order valence-corrected chi connectivity index (χ0v) is 18.6. The number of hydrogen-bond acceptors (Lipinski definition) is 3. The van der Waals surface area contributed by atoms with Gasteiger partial charge in [0.25, 0.3) is 5.91 Å². The van der Waals surface area contributed by atoms with E-state index in [9.17, 15) is 9.59 Å². The number of halogens is 1. The van der Waals surface area contributed by atoms with Gasteiger partial charge in [0.15, 0.2) is 0 Å². The second kappa shape index (κ2) is 9.06. The summed E-state index contributed by atoms with van der Waals surface area (Å²) in [5.41, 5.74) is 4.64. The molecule has 6 heteroatoms. The molecule has 0 aliphatic carbocycles. The summed E-state index contributed by atoms with van der Waals surface area (Å²) >= 11 is 6.18. The van der Waals surface area contributed by atoms with Crippen molar-refractivity contribution in [2.75, 3.05) is 18.4 Å². The summed E-state index contributed by atoms with van der Waals surface area (Å²) in [6.45, 7) is 5.43. The van der Waals surface area contributed by atoms with Gasteiger partial charge in [-0.3, -0.25) is 14.6 Å². The highest BCUT2D eigenvalue weighted by Crippen LogP contribution is 2.26. The molecule has 0 spiro atoms. The number of hydrogen-bond donors (Lipinski definition) is 1. The lowest BCUT2D eigenvalue weighted by Crippen LogP contribution is -2.36. The lowest BCUT2D eigenvalue weighted by molar-refractivity contribution is -0.115. The van der Waals surface area contributed by atoms with Crippen LogP contribution in [0.15, 0.2) is 42.5 Å². The number of anilines is 1. The Bertz CT molecular complexity index is 1150. The standard InChI is InChI=1S/C25H26ClN3O2/c1-16-19-8-4-5-9-22(19)27-17(2)21(16)15-24(30)28-23-14-18(26)10-11-20(23)25(31)29-12-6-3-7-13-29/h4-5,8-11,14H,3,6-7,12-13,15H2,1-2H3,(H,28,30). The van der Waals surface area contributed by atoms with Crippen molar-refractivity contribution < 1.29 is 9.59 Å². The van der Waals surface area contributed by atoms with E-state index in [-0.39, 0.29) is 18.2 Å². The molecule has 1 N–H and O–H groups in total. The first-order chi connectivity index (χ1) is 14.9. The van der Waals surface area contributed by atoms with Gasteiger partial charge in [0.05, 0.1) is 23.2 Å². The second-order valence-corrected chi connectivity index (χ2v) is 8.52. The zero-order valence-electron chi connectivity index (χ0n) is 17.9. The molecular weight excluding hydrogens is 410 g/mol. The van der Waals surface area contributed by atoms with Gasteiger partial charge in [-0.1, -0.05) is 29.8 Å². The Morgan fingerprint density at radius 3 is 2.58 bits per heavy atom. The molecule has 0 atom stereocenters. The SMILES string of the molecule is Cc1nc2ccccc2c(C)c1CC(=O)Nc1cc(Cl)ccc1C(=O)N1CCCCC1. The number of carbonyl (C=O) groups excluding carboxylic acids is 2. The highest BCUT2D eigenvalue weighted by atomic mass is 35.5. The monoisotopic (exact) mass is 435 g/mol. The van der Waals surface area contributed by atoms with Crippen LogP contribution in [-0.2, 0) is 11.2 Å². The van der Waals surface area contributed by atoms with Crippen LogP contribution >= 0.6 is 11.6 Å². The molecule has 0 radical (unpaired) electrons. The number of aromatic nitrogens is 1. The van der Waals surface area contributed by atoms with E-state index in [1.165, 1.54) is 0 Å². The number of rotatable bonds is 4. The third-order valence-corrected chi connectivity index (χ3v) is 6.19. The first kappa shape index (κ1) is 21.3. The van der Waals surface area contributed by atoms with Crippen LogP contribution in [-0.4, -0.2) is 34.8 Å². The van der Waals surface area contributed by atoms with Crippen molar-refractivity contribution in [2.45, 2.75) is 39.5 Å². The minimum Gasteiger partial charge on any atom is -0.339 e. The van der Waals surface area contributed by atoms with Crippen LogP contribution in [0.1, 0.15) is 46.4 Å². The highest BCUT2D eigenvalue weighted by molar-refractivity contribution is 6.31. The summed E-state index contributed by atoms with van der Waals surface area (Å²) in [7, 11) is 0. The number of nitrogens with one attached hydrogen (secondary N) is 1. The number of fused-ring (bicyclic) bond motifs is 1. The number of carbonyl (C=O) groups is 2. The number of benzene rings is 2. The molecule has 5 nitrogen and oxygen atoms in total. The van der Waals surface area contributed by atoms with E-state index in [0.717, 1.165) is 60.1 Å². The third-order valence-electron chi connectivity index (χ3n) is 5.95. The van der Waals surface area contributed by atoms with Crippen molar-refractivity contribution in [3.63, 3.8) is 0 Å². The van der Waals surface area contributed by atoms with Crippen LogP contribution in [0.5, 0.6) is 0 Å². The fourth-order valence-electron chi connectivity index (χ4n) is 4.26. The maximum atomic E-state index is 13.0. The smallest absolute Gasteiger partial charge is 0.255 e. The first-order valence-corrected chi connectivity index (χ1v) is 11.1. The fourth-order valence-corrected chi connectivity index (χ4v) is 4.43. The van der Waals surface area contributed by atoms with Gasteiger partial charge >= 0.3 is 0 Å². The maximum absolute atomic E-state index is 13.0. The van der Waals surface area contributed by atoms with Crippen LogP contribution in [0.3, 0.4) is 0 Å². The fraction of sp³-hybridized carbons (Fsp3) is 0.320. The van der Waals surface area contributed by atoms with Gasteiger partial charge in [0.2, 0.25) is 5.91 Å². The predicted molar refractivity (Wildman–Crippen MR) is 125 cm³/mol. The molecule has 1 saturated heterocycles. The second-order valence-electron chi connectivity index (χ2n) is 8.09. The van der Waals surface area contributed by atoms with Gasteiger partial charge in [-0.05, 0) is 68.5 Å². The Morgan fingerprint density at radius 1 is 1.06 bits per heavy atom. The van der Waals surface area contributed by atoms with Gasteiger partial charge < -0.3 is 10.2 Å². The van der Waals surface area contributed by atoms with E-state index in [1.807, 2.05) is 43.0 Å². The summed E-state index contributed by atoms with van der Waals surface area (Å²) in [6, 6.07) is 13.0. The highest BCUT2D eigenvalue weighted by Gasteiger charge is 2.22. The van der Waals surface area contributed by atoms with Gasteiger partial charge in [-0.25, -0.2) is 0 Å². The predicted octanol–water partition coefficient (Wildman–Crippen LogP) is 5.31. The molecule has 160 valence electrons. The van der Waals surface area contributed by atoms with Crippen LogP contribution in [0, 0.1) is 13.8 Å². The molecule has 1 fully saturated rings. The Morgan fingerprint density at radius 2 is 1.81 bits per heavy atom. The van der Waals surface area contributed by atoms with E-state index in [2.05, 4.69) is 10.3 Å². The van der Waals surface area contributed by atoms with Crippen molar-refractivity contribution in [3.05, 3.63) is 69.9 Å². The molecule has 0 unspecified atom stereocenters. The Kier molecular flexibility index (Phi) is 6.23. The van der Waals surface area contributed by atoms with E-state index >= 15 is 0 Å². The van der Waals surface area contributed by atoms with Gasteiger partial charge in [-0.15, -0.1) is 0 Å². The molecule has 1 aliphatic rings. The molecule has 2 heterocycles. The minimum atomic E-state index is -0.196. The lowest BCUT2D eigenvalue weighted by atomic mass is 9.99. The molecule has 0 bridgehead atoms. The van der Waals surface area contributed by atoms with E-state index in [1.54, 1.807) is 18.2 Å². The normalized spacial score (nSPS) is 14.0. The number of likely N-dealkylation sites (tertiary alicyclic amines) is 1. The van der Waals surface area contributed by atoms with Crippen molar-refractivity contribution in [3.8, 4) is 0 Å². The molecule has 1 aromatic heterocycles. The molecule has 2 aromatic carbocycles. The summed E-state index contributed by atoms with van der Waals surface area (Å²) in [6.07, 6.45) is 3.34. The quantitative estimate of drug-likeness (QED) is 0.603. The zero-order chi connectivity index (χ0) is 22.0. The van der Waals surface area contributed by atoms with E-state index in [4.69, 9.17) is 11.6 Å². The van der Waals surface area contributed by atoms with Crippen molar-refractivity contribution in [2.24, 2.45) is 0 Å². The van der Waals surface area contributed by atoms with Crippen LogP contribution in [0.2, 0.25) is 5.02 Å². The Balaban J connectivity index is 1.59. The van der Waals surface area contributed by atoms with Gasteiger partial charge in [0, 0.05) is 29.2 Å². The lowest BCUT2D eigenvalue weighted by Gasteiger charge is -2.27. The summed E-state index contributed by atoms with van der Waals surface area (Å²) in [5.74, 6) is -0.260. The topological polar surface area (TPSA) is 62.3 Å². The Labute approximate surface area is 187 Å². The molecule has 0 saturated carbocycles. The molecule has 1 aliphatic heterocycles. The molecule has 3 aromatic rings.